The van der Waals surface area contributed by atoms with Gasteiger partial charge in [-0.15, -0.1) is 0 Å². The van der Waals surface area contributed by atoms with E-state index in [1.807, 2.05) is 18.2 Å². The highest BCUT2D eigenvalue weighted by Crippen LogP contribution is 2.26. The standard InChI is InChI=1S/C14H12BrClFN/c15-12-6-3-10(8-13(12)16)14(18)7-9-1-4-11(17)5-2-9/h1-6,8,14H,7,18H2. The minimum absolute atomic E-state index is 0.152. The van der Waals surface area contributed by atoms with Crippen LogP contribution in [0.3, 0.4) is 0 Å². The summed E-state index contributed by atoms with van der Waals surface area (Å²) in [5, 5.41) is 0.641. The van der Waals surface area contributed by atoms with Gasteiger partial charge in [-0.3, -0.25) is 0 Å². The molecule has 2 rings (SSSR count). The van der Waals surface area contributed by atoms with Crippen molar-refractivity contribution in [3.63, 3.8) is 0 Å². The van der Waals surface area contributed by atoms with Gasteiger partial charge in [0.2, 0.25) is 0 Å². The van der Waals surface area contributed by atoms with E-state index in [9.17, 15) is 4.39 Å². The smallest absolute Gasteiger partial charge is 0.123 e. The fourth-order valence-electron chi connectivity index (χ4n) is 1.74. The number of benzene rings is 2. The monoisotopic (exact) mass is 327 g/mol. The maximum absolute atomic E-state index is 12.8. The summed E-state index contributed by atoms with van der Waals surface area (Å²) >= 11 is 9.37. The van der Waals surface area contributed by atoms with E-state index in [1.165, 1.54) is 12.1 Å². The van der Waals surface area contributed by atoms with E-state index < -0.39 is 0 Å². The lowest BCUT2D eigenvalue weighted by Gasteiger charge is -2.13. The van der Waals surface area contributed by atoms with Gasteiger partial charge in [0.25, 0.3) is 0 Å². The SMILES string of the molecule is NC(Cc1ccc(F)cc1)c1ccc(Br)c(Cl)c1. The first-order chi connectivity index (χ1) is 8.56. The van der Waals surface area contributed by atoms with Gasteiger partial charge in [0.1, 0.15) is 5.82 Å². The average Bonchev–Trinajstić information content (AvgIpc) is 2.35. The molecule has 18 heavy (non-hydrogen) atoms. The van der Waals surface area contributed by atoms with Gasteiger partial charge >= 0.3 is 0 Å². The Bertz CT molecular complexity index is 542. The van der Waals surface area contributed by atoms with Gasteiger partial charge in [-0.1, -0.05) is 29.8 Å². The molecule has 0 aliphatic heterocycles. The zero-order valence-corrected chi connectivity index (χ0v) is 11.9. The Kier molecular flexibility index (Phi) is 4.38. The van der Waals surface area contributed by atoms with Crippen LogP contribution in [0.5, 0.6) is 0 Å². The van der Waals surface area contributed by atoms with E-state index >= 15 is 0 Å². The van der Waals surface area contributed by atoms with Crippen molar-refractivity contribution in [1.29, 1.82) is 0 Å². The van der Waals surface area contributed by atoms with Crippen LogP contribution in [0, 0.1) is 5.82 Å². The van der Waals surface area contributed by atoms with Gasteiger partial charge in [-0.25, -0.2) is 4.39 Å². The number of rotatable bonds is 3. The maximum Gasteiger partial charge on any atom is 0.123 e. The van der Waals surface area contributed by atoms with Crippen LogP contribution in [0.1, 0.15) is 17.2 Å². The molecule has 2 aromatic rings. The summed E-state index contributed by atoms with van der Waals surface area (Å²) in [5.41, 5.74) is 8.08. The largest absolute Gasteiger partial charge is 0.324 e. The molecule has 0 aliphatic rings. The highest BCUT2D eigenvalue weighted by Gasteiger charge is 2.09. The third-order valence-corrected chi connectivity index (χ3v) is 3.97. The van der Waals surface area contributed by atoms with Crippen LogP contribution < -0.4 is 5.73 Å². The molecule has 0 aromatic heterocycles. The molecule has 1 nitrogen and oxygen atoms in total. The summed E-state index contributed by atoms with van der Waals surface area (Å²) < 4.78 is 13.6. The van der Waals surface area contributed by atoms with Crippen molar-refractivity contribution in [3.8, 4) is 0 Å². The van der Waals surface area contributed by atoms with Crippen molar-refractivity contribution < 1.29 is 4.39 Å². The third-order valence-electron chi connectivity index (χ3n) is 2.74. The Labute approximate surface area is 119 Å². The van der Waals surface area contributed by atoms with Crippen LogP contribution >= 0.6 is 27.5 Å². The highest BCUT2D eigenvalue weighted by molar-refractivity contribution is 9.10. The van der Waals surface area contributed by atoms with Gasteiger partial charge in [0.05, 0.1) is 5.02 Å². The molecule has 0 aliphatic carbocycles. The summed E-state index contributed by atoms with van der Waals surface area (Å²) in [6, 6.07) is 11.9. The van der Waals surface area contributed by atoms with Gasteiger partial charge in [0.15, 0.2) is 0 Å². The molecule has 0 saturated carbocycles. The van der Waals surface area contributed by atoms with Gasteiger partial charge in [-0.2, -0.15) is 0 Å². The quantitative estimate of drug-likeness (QED) is 0.883. The Morgan fingerprint density at radius 2 is 1.83 bits per heavy atom. The van der Waals surface area contributed by atoms with Crippen molar-refractivity contribution >= 4 is 27.5 Å². The molecule has 0 fully saturated rings. The van der Waals surface area contributed by atoms with Gasteiger partial charge in [0, 0.05) is 10.5 Å². The third kappa shape index (κ3) is 3.31. The number of hydrogen-bond acceptors (Lipinski definition) is 1. The predicted molar refractivity (Wildman–Crippen MR) is 76.2 cm³/mol. The van der Waals surface area contributed by atoms with Crippen LogP contribution in [-0.2, 0) is 6.42 Å². The zero-order chi connectivity index (χ0) is 13.1. The van der Waals surface area contributed by atoms with Crippen LogP contribution in [-0.4, -0.2) is 0 Å². The van der Waals surface area contributed by atoms with Crippen molar-refractivity contribution in [2.45, 2.75) is 12.5 Å². The normalized spacial score (nSPS) is 12.4. The average molecular weight is 329 g/mol. The topological polar surface area (TPSA) is 26.0 Å². The first-order valence-corrected chi connectivity index (χ1v) is 6.68. The van der Waals surface area contributed by atoms with Crippen molar-refractivity contribution in [2.75, 3.05) is 0 Å². The zero-order valence-electron chi connectivity index (χ0n) is 9.54. The Hall–Kier alpha value is -0.900. The second-order valence-corrected chi connectivity index (χ2v) is 5.37. The lowest BCUT2D eigenvalue weighted by molar-refractivity contribution is 0.625. The highest BCUT2D eigenvalue weighted by atomic mass is 79.9. The lowest BCUT2D eigenvalue weighted by Crippen LogP contribution is -2.13. The molecule has 2 aromatic carbocycles. The summed E-state index contributed by atoms with van der Waals surface area (Å²) in [6.45, 7) is 0. The first kappa shape index (κ1) is 13.5. The van der Waals surface area contributed by atoms with E-state index in [2.05, 4.69) is 15.9 Å². The fourth-order valence-corrected chi connectivity index (χ4v) is 2.17. The van der Waals surface area contributed by atoms with Crippen molar-refractivity contribution in [1.82, 2.24) is 0 Å². The number of hydrogen-bond donors (Lipinski definition) is 1. The molecular weight excluding hydrogens is 317 g/mol. The Balaban J connectivity index is 2.13. The van der Waals surface area contributed by atoms with E-state index in [-0.39, 0.29) is 11.9 Å². The molecule has 0 spiro atoms. The first-order valence-electron chi connectivity index (χ1n) is 5.51. The Morgan fingerprint density at radius 3 is 2.44 bits per heavy atom. The minimum Gasteiger partial charge on any atom is -0.324 e. The number of nitrogens with two attached hydrogens (primary N) is 1. The van der Waals surface area contributed by atoms with E-state index in [4.69, 9.17) is 17.3 Å². The molecular formula is C14H12BrClFN. The second-order valence-electron chi connectivity index (χ2n) is 4.11. The molecule has 0 bridgehead atoms. The molecule has 2 N–H and O–H groups in total. The molecule has 1 atom stereocenters. The van der Waals surface area contributed by atoms with Crippen LogP contribution in [0.25, 0.3) is 0 Å². The lowest BCUT2D eigenvalue weighted by atomic mass is 10.00. The summed E-state index contributed by atoms with van der Waals surface area (Å²) in [5.74, 6) is -0.237. The molecule has 1 unspecified atom stereocenters. The maximum atomic E-state index is 12.8. The van der Waals surface area contributed by atoms with Crippen molar-refractivity contribution in [3.05, 3.63) is 68.9 Å². The molecule has 0 saturated heterocycles. The predicted octanol–water partition coefficient (Wildman–Crippen LogP) is 4.48. The van der Waals surface area contributed by atoms with Crippen LogP contribution in [0.2, 0.25) is 5.02 Å². The molecule has 94 valence electrons. The summed E-state index contributed by atoms with van der Waals surface area (Å²) in [6.07, 6.45) is 0.651. The minimum atomic E-state index is -0.237. The van der Waals surface area contributed by atoms with Gasteiger partial charge < -0.3 is 5.73 Å². The van der Waals surface area contributed by atoms with Crippen LogP contribution in [0.4, 0.5) is 4.39 Å². The van der Waals surface area contributed by atoms with E-state index in [0.29, 0.717) is 11.4 Å². The molecule has 4 heteroatoms. The summed E-state index contributed by atoms with van der Waals surface area (Å²) in [7, 11) is 0. The Morgan fingerprint density at radius 1 is 1.17 bits per heavy atom. The van der Waals surface area contributed by atoms with Crippen molar-refractivity contribution in [2.24, 2.45) is 5.73 Å². The molecule has 0 radical (unpaired) electrons. The van der Waals surface area contributed by atoms with E-state index in [0.717, 1.165) is 15.6 Å². The fraction of sp³-hybridized carbons (Fsp3) is 0.143. The molecule has 0 heterocycles. The van der Waals surface area contributed by atoms with E-state index in [1.54, 1.807) is 12.1 Å². The summed E-state index contributed by atoms with van der Waals surface area (Å²) in [4.78, 5) is 0. The second kappa shape index (κ2) is 5.83. The molecule has 0 amide bonds. The van der Waals surface area contributed by atoms with Crippen LogP contribution in [0.15, 0.2) is 46.9 Å². The number of halogens is 3. The van der Waals surface area contributed by atoms with Gasteiger partial charge in [-0.05, 0) is 57.7 Å².